The Hall–Kier alpha value is -2.80. The highest BCUT2D eigenvalue weighted by molar-refractivity contribution is 7.93. The SMILES string of the molecule is CCOc1ccc(S(=O)(=O)Nc2ccc(N(CC)CC)cc2C)c2cccnc12. The number of aryl methyl sites for hydroxylation is 1. The van der Waals surface area contributed by atoms with Crippen LogP contribution in [0.1, 0.15) is 26.3 Å². The van der Waals surface area contributed by atoms with Gasteiger partial charge in [-0.2, -0.15) is 0 Å². The molecule has 154 valence electrons. The predicted octanol–water partition coefficient (Wildman–Crippen LogP) is 4.59. The number of nitrogens with zero attached hydrogens (tertiary/aromatic N) is 2. The van der Waals surface area contributed by atoms with Gasteiger partial charge in [-0.15, -0.1) is 0 Å². The van der Waals surface area contributed by atoms with Crippen LogP contribution in [0, 0.1) is 6.92 Å². The van der Waals surface area contributed by atoms with Gasteiger partial charge in [-0.25, -0.2) is 8.42 Å². The van der Waals surface area contributed by atoms with Crippen molar-refractivity contribution < 1.29 is 13.2 Å². The molecule has 1 heterocycles. The first-order valence-corrected chi connectivity index (χ1v) is 11.3. The molecule has 1 N–H and O–H groups in total. The molecule has 3 aromatic rings. The first-order valence-electron chi connectivity index (χ1n) is 9.80. The van der Waals surface area contributed by atoms with Crippen molar-refractivity contribution in [3.8, 4) is 5.75 Å². The first-order chi connectivity index (χ1) is 13.9. The fourth-order valence-electron chi connectivity index (χ4n) is 3.37. The van der Waals surface area contributed by atoms with Crippen LogP contribution in [0.2, 0.25) is 0 Å². The minimum atomic E-state index is -3.80. The number of benzene rings is 2. The van der Waals surface area contributed by atoms with Crippen LogP contribution < -0.4 is 14.4 Å². The van der Waals surface area contributed by atoms with E-state index in [0.29, 0.717) is 28.9 Å². The zero-order chi connectivity index (χ0) is 21.0. The van der Waals surface area contributed by atoms with E-state index >= 15 is 0 Å². The molecule has 2 aromatic carbocycles. The Kier molecular flexibility index (Phi) is 6.27. The van der Waals surface area contributed by atoms with Crippen LogP contribution in [-0.2, 0) is 10.0 Å². The number of pyridine rings is 1. The first kappa shape index (κ1) is 20.9. The molecule has 0 amide bonds. The molecule has 0 aliphatic heterocycles. The van der Waals surface area contributed by atoms with Gasteiger partial charge in [-0.05, 0) is 75.7 Å². The van der Waals surface area contributed by atoms with Crippen molar-refractivity contribution in [2.75, 3.05) is 29.3 Å². The lowest BCUT2D eigenvalue weighted by molar-refractivity contribution is 0.343. The molecule has 0 aliphatic rings. The van der Waals surface area contributed by atoms with Gasteiger partial charge < -0.3 is 9.64 Å². The molecule has 1 aromatic heterocycles. The molecule has 0 saturated carbocycles. The van der Waals surface area contributed by atoms with Crippen molar-refractivity contribution in [2.45, 2.75) is 32.6 Å². The molecule has 0 bridgehead atoms. The number of ether oxygens (including phenoxy) is 1. The van der Waals surface area contributed by atoms with Gasteiger partial charge in [0.25, 0.3) is 10.0 Å². The van der Waals surface area contributed by atoms with Crippen LogP contribution in [0.4, 0.5) is 11.4 Å². The number of sulfonamides is 1. The number of nitrogens with one attached hydrogen (secondary N) is 1. The zero-order valence-corrected chi connectivity index (χ0v) is 18.1. The van der Waals surface area contributed by atoms with Crippen LogP contribution in [0.5, 0.6) is 5.75 Å². The third-order valence-corrected chi connectivity index (χ3v) is 6.29. The lowest BCUT2D eigenvalue weighted by Crippen LogP contribution is -2.22. The number of aromatic nitrogens is 1. The molecule has 0 saturated heterocycles. The topological polar surface area (TPSA) is 71.5 Å². The molecule has 0 atom stereocenters. The maximum absolute atomic E-state index is 13.2. The van der Waals surface area contributed by atoms with E-state index in [1.165, 1.54) is 0 Å². The Labute approximate surface area is 172 Å². The van der Waals surface area contributed by atoms with Gasteiger partial charge in [0, 0.05) is 30.4 Å². The second kappa shape index (κ2) is 8.69. The summed E-state index contributed by atoms with van der Waals surface area (Å²) < 4.78 is 34.7. The van der Waals surface area contributed by atoms with Crippen molar-refractivity contribution >= 4 is 32.3 Å². The summed E-state index contributed by atoms with van der Waals surface area (Å²) in [5.74, 6) is 0.571. The fraction of sp³-hybridized carbons (Fsp3) is 0.318. The largest absolute Gasteiger partial charge is 0.492 e. The van der Waals surface area contributed by atoms with Gasteiger partial charge in [0.1, 0.15) is 11.3 Å². The van der Waals surface area contributed by atoms with E-state index in [4.69, 9.17) is 4.74 Å². The number of fused-ring (bicyclic) bond motifs is 1. The summed E-state index contributed by atoms with van der Waals surface area (Å²) in [6.07, 6.45) is 1.63. The molecule has 0 radical (unpaired) electrons. The van der Waals surface area contributed by atoms with Crippen LogP contribution in [0.25, 0.3) is 10.9 Å². The summed E-state index contributed by atoms with van der Waals surface area (Å²) in [5.41, 5.74) is 3.04. The third kappa shape index (κ3) is 4.29. The summed E-state index contributed by atoms with van der Waals surface area (Å²) >= 11 is 0. The maximum atomic E-state index is 13.2. The van der Waals surface area contributed by atoms with Crippen molar-refractivity contribution in [1.29, 1.82) is 0 Å². The number of rotatable bonds is 8. The smallest absolute Gasteiger partial charge is 0.262 e. The van der Waals surface area contributed by atoms with E-state index < -0.39 is 10.0 Å². The molecule has 6 nitrogen and oxygen atoms in total. The molecule has 29 heavy (non-hydrogen) atoms. The Bertz CT molecular complexity index is 1110. The molecular formula is C22H27N3O3S. The summed E-state index contributed by atoms with van der Waals surface area (Å²) in [6, 6.07) is 12.4. The van der Waals surface area contributed by atoms with E-state index in [0.717, 1.165) is 24.3 Å². The quantitative estimate of drug-likeness (QED) is 0.585. The Morgan fingerprint density at radius 3 is 2.48 bits per heavy atom. The van der Waals surface area contributed by atoms with Gasteiger partial charge in [-0.1, -0.05) is 0 Å². The monoisotopic (exact) mass is 413 g/mol. The normalized spacial score (nSPS) is 11.4. The standard InChI is InChI=1S/C22H27N3O3S/c1-5-25(6-2)17-10-11-19(16(4)15-17)24-29(26,27)21-13-12-20(28-7-3)22-18(21)9-8-14-23-22/h8-15,24H,5-7H2,1-4H3. The Balaban J connectivity index is 2.00. The summed E-state index contributed by atoms with van der Waals surface area (Å²) in [6.45, 7) is 10.3. The Morgan fingerprint density at radius 1 is 1.07 bits per heavy atom. The summed E-state index contributed by atoms with van der Waals surface area (Å²) in [7, 11) is -3.80. The molecule has 3 rings (SSSR count). The van der Waals surface area contributed by atoms with Crippen LogP contribution in [0.3, 0.4) is 0 Å². The molecule has 0 aliphatic carbocycles. The van der Waals surface area contributed by atoms with E-state index in [1.807, 2.05) is 32.0 Å². The average Bonchev–Trinajstić information content (AvgIpc) is 2.71. The maximum Gasteiger partial charge on any atom is 0.262 e. The molecule has 0 unspecified atom stereocenters. The second-order valence-corrected chi connectivity index (χ2v) is 8.32. The van der Waals surface area contributed by atoms with Gasteiger partial charge in [-0.3, -0.25) is 9.71 Å². The summed E-state index contributed by atoms with van der Waals surface area (Å²) in [5, 5.41) is 0.531. The van der Waals surface area contributed by atoms with Crippen LogP contribution in [0.15, 0.2) is 53.6 Å². The van der Waals surface area contributed by atoms with Gasteiger partial charge in [0.2, 0.25) is 0 Å². The Morgan fingerprint density at radius 2 is 1.83 bits per heavy atom. The third-order valence-electron chi connectivity index (χ3n) is 4.86. The van der Waals surface area contributed by atoms with Crippen LogP contribution >= 0.6 is 0 Å². The molecular weight excluding hydrogens is 386 g/mol. The minimum absolute atomic E-state index is 0.177. The van der Waals surface area contributed by atoms with E-state index in [9.17, 15) is 8.42 Å². The fourth-order valence-corrected chi connectivity index (χ4v) is 4.70. The van der Waals surface area contributed by atoms with Crippen LogP contribution in [-0.4, -0.2) is 33.1 Å². The van der Waals surface area contributed by atoms with Gasteiger partial charge in [0.05, 0.1) is 17.2 Å². The highest BCUT2D eigenvalue weighted by atomic mass is 32.2. The number of anilines is 2. The average molecular weight is 414 g/mol. The zero-order valence-electron chi connectivity index (χ0n) is 17.3. The molecule has 0 fully saturated rings. The minimum Gasteiger partial charge on any atom is -0.492 e. The number of hydrogen-bond acceptors (Lipinski definition) is 5. The van der Waals surface area contributed by atoms with E-state index in [2.05, 4.69) is 28.5 Å². The highest BCUT2D eigenvalue weighted by Crippen LogP contribution is 2.31. The second-order valence-electron chi connectivity index (χ2n) is 6.67. The summed E-state index contributed by atoms with van der Waals surface area (Å²) in [4.78, 5) is 6.72. The highest BCUT2D eigenvalue weighted by Gasteiger charge is 2.21. The van der Waals surface area contributed by atoms with Crippen molar-refractivity contribution in [3.63, 3.8) is 0 Å². The van der Waals surface area contributed by atoms with Crippen molar-refractivity contribution in [1.82, 2.24) is 4.98 Å². The van der Waals surface area contributed by atoms with Crippen molar-refractivity contribution in [2.24, 2.45) is 0 Å². The predicted molar refractivity (Wildman–Crippen MR) is 118 cm³/mol. The lowest BCUT2D eigenvalue weighted by atomic mass is 10.1. The van der Waals surface area contributed by atoms with E-state index in [-0.39, 0.29) is 4.90 Å². The van der Waals surface area contributed by atoms with Gasteiger partial charge in [0.15, 0.2) is 0 Å². The number of hydrogen-bond donors (Lipinski definition) is 1. The molecule has 7 heteroatoms. The lowest BCUT2D eigenvalue weighted by Gasteiger charge is -2.22. The van der Waals surface area contributed by atoms with Gasteiger partial charge >= 0.3 is 0 Å². The molecule has 0 spiro atoms. The van der Waals surface area contributed by atoms with E-state index in [1.54, 1.807) is 30.5 Å². The van der Waals surface area contributed by atoms with Crippen molar-refractivity contribution in [3.05, 3.63) is 54.2 Å².